The average molecular weight is 419 g/mol. The van der Waals surface area contributed by atoms with E-state index >= 15 is 0 Å². The van der Waals surface area contributed by atoms with Gasteiger partial charge in [-0.15, -0.1) is 0 Å². The molecule has 160 valence electrons. The summed E-state index contributed by atoms with van der Waals surface area (Å²) in [5, 5.41) is 11.4. The molecule has 5 rings (SSSR count). The fourth-order valence-corrected chi connectivity index (χ4v) is 4.40. The lowest BCUT2D eigenvalue weighted by molar-refractivity contribution is 0.310. The summed E-state index contributed by atoms with van der Waals surface area (Å²) < 4.78 is 7.18. The third-order valence-electron chi connectivity index (χ3n) is 5.87. The molecule has 0 atom stereocenters. The summed E-state index contributed by atoms with van der Waals surface area (Å²) >= 11 is 0. The molecule has 1 aromatic carbocycles. The number of nitrogens with zero attached hydrogens (tertiary/aromatic N) is 5. The van der Waals surface area contributed by atoms with Gasteiger partial charge in [0.05, 0.1) is 23.1 Å². The van der Waals surface area contributed by atoms with Gasteiger partial charge >= 0.3 is 0 Å². The minimum Gasteiger partial charge on any atom is -0.382 e. The van der Waals surface area contributed by atoms with E-state index in [0.717, 1.165) is 53.8 Å². The molecule has 1 aliphatic carbocycles. The van der Waals surface area contributed by atoms with Crippen LogP contribution in [0.4, 0.5) is 11.5 Å². The van der Waals surface area contributed by atoms with Crippen LogP contribution in [0.3, 0.4) is 0 Å². The van der Waals surface area contributed by atoms with Gasteiger partial charge in [-0.3, -0.25) is 4.98 Å². The molecule has 4 aromatic rings. The number of imidazole rings is 1. The number of nitrogens with one attached hydrogen (secondary N) is 1. The first-order valence-electron chi connectivity index (χ1n) is 10.8. The predicted molar refractivity (Wildman–Crippen MR) is 120 cm³/mol. The second kappa shape index (κ2) is 8.35. The molecule has 0 spiro atoms. The zero-order valence-electron chi connectivity index (χ0n) is 17.3. The number of fused-ring (bicyclic) bond motifs is 1. The second-order valence-electron chi connectivity index (χ2n) is 7.89. The number of rotatable bonds is 7. The molecule has 0 unspecified atom stereocenters. The lowest BCUT2D eigenvalue weighted by Crippen LogP contribution is -2.12. The van der Waals surface area contributed by atoms with Crippen molar-refractivity contribution in [3.8, 4) is 22.8 Å². The molecule has 1 fully saturated rings. The number of anilines is 2. The van der Waals surface area contributed by atoms with E-state index < -0.39 is 0 Å². The first kappa shape index (κ1) is 19.5. The molecular weight excluding hydrogens is 392 g/mol. The summed E-state index contributed by atoms with van der Waals surface area (Å²) in [6, 6.07) is 10.4. The molecule has 0 radical (unpaired) electrons. The van der Waals surface area contributed by atoms with Crippen molar-refractivity contribution >= 4 is 22.5 Å². The number of hydrogen-bond acceptors (Lipinski definition) is 8. The van der Waals surface area contributed by atoms with Crippen LogP contribution in [-0.2, 0) is 0 Å². The lowest BCUT2D eigenvalue weighted by Gasteiger charge is -2.18. The molecule has 1 aliphatic rings. The van der Waals surface area contributed by atoms with Gasteiger partial charge in [0.1, 0.15) is 5.52 Å². The van der Waals surface area contributed by atoms with Gasteiger partial charge in [-0.25, -0.2) is 9.61 Å². The summed E-state index contributed by atoms with van der Waals surface area (Å²) in [4.78, 5) is 9.80. The van der Waals surface area contributed by atoms with Crippen LogP contribution in [0.15, 0.2) is 41.2 Å². The summed E-state index contributed by atoms with van der Waals surface area (Å²) in [5.74, 6) is 0.911. The average Bonchev–Trinajstić information content (AvgIpc) is 3.53. The Labute approximate surface area is 179 Å². The Morgan fingerprint density at radius 3 is 2.61 bits per heavy atom. The highest BCUT2D eigenvalue weighted by atomic mass is 16.6. The van der Waals surface area contributed by atoms with Crippen LogP contribution in [0.2, 0.25) is 0 Å². The summed E-state index contributed by atoms with van der Waals surface area (Å²) in [7, 11) is 0. The fourth-order valence-electron chi connectivity index (χ4n) is 4.40. The molecule has 3 heterocycles. The predicted octanol–water partition coefficient (Wildman–Crippen LogP) is 3.61. The third kappa shape index (κ3) is 3.50. The molecule has 31 heavy (non-hydrogen) atoms. The minimum atomic E-state index is 0.237. The highest BCUT2D eigenvalue weighted by Crippen LogP contribution is 2.41. The van der Waals surface area contributed by atoms with Gasteiger partial charge in [0.2, 0.25) is 0 Å². The van der Waals surface area contributed by atoms with Crippen molar-refractivity contribution in [1.82, 2.24) is 24.8 Å². The van der Waals surface area contributed by atoms with Gasteiger partial charge in [-0.2, -0.15) is 0 Å². The van der Waals surface area contributed by atoms with Crippen LogP contribution in [0, 0.1) is 0 Å². The molecular formula is C22H26N8O. The molecule has 0 amide bonds. The number of nitrogens with two attached hydrogens (primary N) is 2. The smallest absolute Gasteiger partial charge is 0.199 e. The maximum atomic E-state index is 6.08. The van der Waals surface area contributed by atoms with Crippen LogP contribution >= 0.6 is 0 Å². The van der Waals surface area contributed by atoms with Crippen LogP contribution in [0.5, 0.6) is 0 Å². The number of aromatic nitrogens is 5. The number of pyridine rings is 1. The molecule has 5 N–H and O–H groups in total. The van der Waals surface area contributed by atoms with E-state index in [1.165, 1.54) is 12.8 Å². The van der Waals surface area contributed by atoms with E-state index in [1.54, 1.807) is 0 Å². The molecule has 1 saturated carbocycles. The van der Waals surface area contributed by atoms with E-state index in [4.69, 9.17) is 26.1 Å². The Hall–Kier alpha value is -3.46. The highest BCUT2D eigenvalue weighted by molar-refractivity contribution is 5.99. The van der Waals surface area contributed by atoms with Gasteiger partial charge in [-0.05, 0) is 36.1 Å². The monoisotopic (exact) mass is 418 g/mol. The first-order valence-corrected chi connectivity index (χ1v) is 10.8. The Morgan fingerprint density at radius 2 is 1.90 bits per heavy atom. The molecule has 0 aliphatic heterocycles. The van der Waals surface area contributed by atoms with Gasteiger partial charge < -0.3 is 21.4 Å². The maximum Gasteiger partial charge on any atom is 0.199 e. The lowest BCUT2D eigenvalue weighted by atomic mass is 10.1. The Bertz CT molecular complexity index is 1180. The van der Waals surface area contributed by atoms with Crippen LogP contribution in [0.1, 0.15) is 38.1 Å². The zero-order chi connectivity index (χ0) is 21.2. The Kier molecular flexibility index (Phi) is 5.25. The standard InChI is InChI=1S/C22H26N8O/c23-11-6-12-25-16-13-26-17(14-7-2-1-3-8-14)18-20(16)30(15-9-4-5-10-15)22(27-18)19-21(24)29-31-28-19/h1-3,7-8,13,15,25H,4-6,9-12,23H2,(H2,24,29). The largest absolute Gasteiger partial charge is 0.382 e. The maximum absolute atomic E-state index is 6.08. The van der Waals surface area contributed by atoms with Crippen LogP contribution < -0.4 is 16.8 Å². The first-order chi connectivity index (χ1) is 15.3. The number of benzene rings is 1. The molecule has 0 saturated heterocycles. The number of hydrogen-bond donors (Lipinski definition) is 3. The molecule has 9 heteroatoms. The topological polar surface area (TPSA) is 134 Å². The van der Waals surface area contributed by atoms with Gasteiger partial charge in [0.25, 0.3) is 0 Å². The van der Waals surface area contributed by atoms with Crippen molar-refractivity contribution in [2.24, 2.45) is 5.73 Å². The Balaban J connectivity index is 1.79. The summed E-state index contributed by atoms with van der Waals surface area (Å²) in [5.41, 5.74) is 16.8. The SMILES string of the molecule is NCCCNc1cnc(-c2ccccc2)c2nc(-c3nonc3N)n(C3CCCC3)c12. The highest BCUT2D eigenvalue weighted by Gasteiger charge is 2.29. The van der Waals surface area contributed by atoms with Crippen molar-refractivity contribution in [2.45, 2.75) is 38.1 Å². The van der Waals surface area contributed by atoms with Gasteiger partial charge in [-0.1, -0.05) is 43.2 Å². The Morgan fingerprint density at radius 1 is 1.10 bits per heavy atom. The van der Waals surface area contributed by atoms with E-state index in [-0.39, 0.29) is 5.82 Å². The van der Waals surface area contributed by atoms with E-state index in [9.17, 15) is 0 Å². The normalized spacial score (nSPS) is 14.5. The van der Waals surface area contributed by atoms with Crippen molar-refractivity contribution in [2.75, 3.05) is 24.1 Å². The summed E-state index contributed by atoms with van der Waals surface area (Å²) in [6.45, 7) is 1.39. The second-order valence-corrected chi connectivity index (χ2v) is 7.89. The van der Waals surface area contributed by atoms with Crippen LogP contribution in [-0.4, -0.2) is 37.9 Å². The van der Waals surface area contributed by atoms with Crippen molar-refractivity contribution in [1.29, 1.82) is 0 Å². The van der Waals surface area contributed by atoms with Gasteiger partial charge in [0, 0.05) is 18.2 Å². The quantitative estimate of drug-likeness (QED) is 0.388. The summed E-state index contributed by atoms with van der Waals surface area (Å²) in [6.07, 6.45) is 7.28. The van der Waals surface area contributed by atoms with Crippen LogP contribution in [0.25, 0.3) is 33.8 Å². The zero-order valence-corrected chi connectivity index (χ0v) is 17.3. The van der Waals surface area contributed by atoms with Crippen molar-refractivity contribution in [3.05, 3.63) is 36.5 Å². The third-order valence-corrected chi connectivity index (χ3v) is 5.87. The van der Waals surface area contributed by atoms with E-state index in [0.29, 0.717) is 24.1 Å². The molecule has 9 nitrogen and oxygen atoms in total. The van der Waals surface area contributed by atoms with E-state index in [1.807, 2.05) is 36.5 Å². The fraction of sp³-hybridized carbons (Fsp3) is 0.364. The van der Waals surface area contributed by atoms with Crippen molar-refractivity contribution in [3.63, 3.8) is 0 Å². The van der Waals surface area contributed by atoms with E-state index in [2.05, 4.69) is 20.2 Å². The van der Waals surface area contributed by atoms with Gasteiger partial charge in [0.15, 0.2) is 17.3 Å². The molecule has 0 bridgehead atoms. The molecule has 3 aromatic heterocycles. The number of nitrogen functional groups attached to an aromatic ring is 1. The minimum absolute atomic E-state index is 0.237. The van der Waals surface area contributed by atoms with Crippen molar-refractivity contribution < 1.29 is 4.63 Å².